The average molecular weight is 441 g/mol. The molecule has 2 fully saturated rings. The van der Waals surface area contributed by atoms with Crippen LogP contribution in [0.3, 0.4) is 0 Å². The maximum atomic E-state index is 6.70. The Kier molecular flexibility index (Phi) is 5.58. The molecule has 7 nitrogen and oxygen atoms in total. The molecule has 0 unspecified atom stereocenters. The number of aromatic nitrogens is 4. The van der Waals surface area contributed by atoms with Crippen LogP contribution in [0.2, 0.25) is 5.02 Å². The second-order valence-corrected chi connectivity index (χ2v) is 9.32. The molecule has 1 N–H and O–H groups in total. The number of nitrogens with zero attached hydrogens (tertiary/aromatic N) is 5. The first kappa shape index (κ1) is 20.7. The number of fused-ring (bicyclic) bond motifs is 1. The molecule has 2 saturated heterocycles. The maximum absolute atomic E-state index is 6.70. The lowest BCUT2D eigenvalue weighted by molar-refractivity contribution is 0.116. The highest BCUT2D eigenvalue weighted by Crippen LogP contribution is 2.36. The molecule has 8 heteroatoms. The Bertz CT molecular complexity index is 1090. The number of hydrogen-bond donors (Lipinski definition) is 1. The zero-order valence-corrected chi connectivity index (χ0v) is 19.1. The summed E-state index contributed by atoms with van der Waals surface area (Å²) >= 11 is 6.70. The van der Waals surface area contributed by atoms with Gasteiger partial charge in [0.25, 0.3) is 0 Å². The van der Waals surface area contributed by atoms with Gasteiger partial charge in [-0.1, -0.05) is 18.5 Å². The van der Waals surface area contributed by atoms with Crippen molar-refractivity contribution in [3.8, 4) is 0 Å². The third-order valence-corrected chi connectivity index (χ3v) is 7.27. The van der Waals surface area contributed by atoms with E-state index in [1.165, 1.54) is 5.56 Å². The van der Waals surface area contributed by atoms with Gasteiger partial charge in [-0.3, -0.25) is 9.58 Å². The number of rotatable bonds is 4. The van der Waals surface area contributed by atoms with Gasteiger partial charge in [0.1, 0.15) is 0 Å². The molecular formula is C23H29ClN6O. The number of benzene rings is 1. The van der Waals surface area contributed by atoms with E-state index in [1.54, 1.807) is 6.20 Å². The van der Waals surface area contributed by atoms with Gasteiger partial charge in [-0.15, -0.1) is 0 Å². The van der Waals surface area contributed by atoms with Crippen LogP contribution >= 0.6 is 11.6 Å². The molecule has 4 heterocycles. The van der Waals surface area contributed by atoms with E-state index in [4.69, 9.17) is 21.3 Å². The van der Waals surface area contributed by atoms with Gasteiger partial charge in [0.15, 0.2) is 0 Å². The molecule has 1 aromatic carbocycles. The first-order valence-electron chi connectivity index (χ1n) is 11.0. The standard InChI is InChI=1S/C23H29ClN6O/c1-14-12-31-13-22(14)30-6-4-16(5-7-30)18-9-20-17(8-19(18)24)10-25-23(27-20)28-21-11-26-29(3)15(21)2/h8-11,14,16,22H,4-7,12-13H2,1-3H3,(H,25,27,28)/t14-,22+/m1/s1. The van der Waals surface area contributed by atoms with Crippen LogP contribution in [-0.4, -0.2) is 57.0 Å². The molecule has 0 radical (unpaired) electrons. The Labute approximate surface area is 187 Å². The molecule has 0 spiro atoms. The summed E-state index contributed by atoms with van der Waals surface area (Å²) in [4.78, 5) is 11.8. The molecule has 2 aromatic heterocycles. The third-order valence-electron chi connectivity index (χ3n) is 6.94. The number of piperidine rings is 1. The van der Waals surface area contributed by atoms with E-state index in [0.717, 1.165) is 66.5 Å². The first-order chi connectivity index (χ1) is 15.0. The van der Waals surface area contributed by atoms with Crippen LogP contribution in [-0.2, 0) is 11.8 Å². The lowest BCUT2D eigenvalue weighted by Crippen LogP contribution is -2.44. The summed E-state index contributed by atoms with van der Waals surface area (Å²) in [5.74, 6) is 1.64. The second-order valence-electron chi connectivity index (χ2n) is 8.91. The fraction of sp³-hybridized carbons (Fsp3) is 0.522. The summed E-state index contributed by atoms with van der Waals surface area (Å²) in [5, 5.41) is 9.32. The molecular weight excluding hydrogens is 412 g/mol. The molecule has 0 aliphatic carbocycles. The molecule has 31 heavy (non-hydrogen) atoms. The predicted molar refractivity (Wildman–Crippen MR) is 123 cm³/mol. The maximum Gasteiger partial charge on any atom is 0.227 e. The van der Waals surface area contributed by atoms with Gasteiger partial charge < -0.3 is 10.1 Å². The van der Waals surface area contributed by atoms with Crippen molar-refractivity contribution in [1.82, 2.24) is 24.6 Å². The van der Waals surface area contributed by atoms with Crippen LogP contribution in [0.5, 0.6) is 0 Å². The predicted octanol–water partition coefficient (Wildman–Crippen LogP) is 4.28. The summed E-state index contributed by atoms with van der Waals surface area (Å²) in [5.41, 5.74) is 4.06. The Balaban J connectivity index is 1.35. The molecule has 2 aliphatic rings. The van der Waals surface area contributed by atoms with Crippen molar-refractivity contribution in [3.63, 3.8) is 0 Å². The van der Waals surface area contributed by atoms with Crippen molar-refractivity contribution < 1.29 is 4.74 Å². The van der Waals surface area contributed by atoms with Crippen LogP contribution in [0, 0.1) is 12.8 Å². The molecule has 2 atom stereocenters. The van der Waals surface area contributed by atoms with Crippen molar-refractivity contribution in [2.45, 2.75) is 38.6 Å². The number of hydrogen-bond acceptors (Lipinski definition) is 6. The van der Waals surface area contributed by atoms with E-state index in [-0.39, 0.29) is 0 Å². The number of likely N-dealkylation sites (tertiary alicyclic amines) is 1. The van der Waals surface area contributed by atoms with Gasteiger partial charge in [0.05, 0.1) is 36.3 Å². The smallest absolute Gasteiger partial charge is 0.227 e. The highest BCUT2D eigenvalue weighted by Gasteiger charge is 2.33. The van der Waals surface area contributed by atoms with Crippen LogP contribution < -0.4 is 5.32 Å². The molecule has 0 bridgehead atoms. The largest absolute Gasteiger partial charge is 0.379 e. The molecule has 0 saturated carbocycles. The van der Waals surface area contributed by atoms with Crippen LogP contribution in [0.15, 0.2) is 24.5 Å². The third kappa shape index (κ3) is 4.02. The van der Waals surface area contributed by atoms with E-state index in [9.17, 15) is 0 Å². The topological polar surface area (TPSA) is 68.1 Å². The number of halogens is 1. The van der Waals surface area contributed by atoms with Crippen molar-refractivity contribution in [1.29, 1.82) is 0 Å². The van der Waals surface area contributed by atoms with Crippen molar-refractivity contribution in [2.24, 2.45) is 13.0 Å². The minimum absolute atomic E-state index is 0.456. The van der Waals surface area contributed by atoms with E-state index in [1.807, 2.05) is 30.9 Å². The van der Waals surface area contributed by atoms with Crippen LogP contribution in [0.25, 0.3) is 10.9 Å². The van der Waals surface area contributed by atoms with Crippen molar-refractivity contribution in [3.05, 3.63) is 40.8 Å². The Morgan fingerprint density at radius 1 is 1.16 bits per heavy atom. The van der Waals surface area contributed by atoms with E-state index < -0.39 is 0 Å². The fourth-order valence-corrected chi connectivity index (χ4v) is 5.17. The molecule has 5 rings (SSSR count). The number of nitrogens with one attached hydrogen (secondary N) is 1. The van der Waals surface area contributed by atoms with Crippen molar-refractivity contribution >= 4 is 34.1 Å². The van der Waals surface area contributed by atoms with Gasteiger partial charge in [0.2, 0.25) is 5.95 Å². The van der Waals surface area contributed by atoms with E-state index >= 15 is 0 Å². The molecule has 164 valence electrons. The van der Waals surface area contributed by atoms with Gasteiger partial charge in [0, 0.05) is 29.7 Å². The summed E-state index contributed by atoms with van der Waals surface area (Å²) < 4.78 is 7.50. The lowest BCUT2D eigenvalue weighted by atomic mass is 9.87. The summed E-state index contributed by atoms with van der Waals surface area (Å²) in [6.07, 6.45) is 5.84. The van der Waals surface area contributed by atoms with E-state index in [2.05, 4.69) is 33.3 Å². The summed E-state index contributed by atoms with van der Waals surface area (Å²) in [7, 11) is 1.92. The van der Waals surface area contributed by atoms with Crippen molar-refractivity contribution in [2.75, 3.05) is 31.6 Å². The zero-order valence-electron chi connectivity index (χ0n) is 18.3. The SMILES string of the molecule is Cc1c(Nc2ncc3cc(Cl)c(C4CCN([C@H]5COC[C@H]5C)CC4)cc3n2)cnn1C. The highest BCUT2D eigenvalue weighted by molar-refractivity contribution is 6.32. The van der Waals surface area contributed by atoms with E-state index in [0.29, 0.717) is 23.8 Å². The number of aryl methyl sites for hydroxylation is 1. The number of anilines is 2. The van der Waals surface area contributed by atoms with Gasteiger partial charge in [-0.25, -0.2) is 9.97 Å². The normalized spacial score (nSPS) is 23.0. The number of ether oxygens (including phenoxy) is 1. The van der Waals surface area contributed by atoms with Gasteiger partial charge in [-0.2, -0.15) is 5.10 Å². The Morgan fingerprint density at radius 2 is 1.97 bits per heavy atom. The van der Waals surface area contributed by atoms with Crippen LogP contribution in [0.1, 0.15) is 36.9 Å². The monoisotopic (exact) mass is 440 g/mol. The molecule has 0 amide bonds. The quantitative estimate of drug-likeness (QED) is 0.653. The zero-order chi connectivity index (χ0) is 21.5. The summed E-state index contributed by atoms with van der Waals surface area (Å²) in [6.45, 7) is 8.24. The van der Waals surface area contributed by atoms with Crippen LogP contribution in [0.4, 0.5) is 11.6 Å². The average Bonchev–Trinajstić information content (AvgIpc) is 3.34. The second kappa shape index (κ2) is 8.37. The Hall–Kier alpha value is -2.22. The molecule has 3 aromatic rings. The minimum atomic E-state index is 0.456. The fourth-order valence-electron chi connectivity index (χ4n) is 4.84. The highest BCUT2D eigenvalue weighted by atomic mass is 35.5. The van der Waals surface area contributed by atoms with Gasteiger partial charge in [-0.05, 0) is 62.4 Å². The molecule has 2 aliphatic heterocycles. The first-order valence-corrected chi connectivity index (χ1v) is 11.4. The van der Waals surface area contributed by atoms with Gasteiger partial charge >= 0.3 is 0 Å². The lowest BCUT2D eigenvalue weighted by Gasteiger charge is -2.37. The Morgan fingerprint density at radius 3 is 2.65 bits per heavy atom. The minimum Gasteiger partial charge on any atom is -0.379 e. The summed E-state index contributed by atoms with van der Waals surface area (Å²) in [6, 6.07) is 4.72.